The minimum Gasteiger partial charge on any atom is -0.460 e. The van der Waals surface area contributed by atoms with E-state index in [-0.39, 0.29) is 36.8 Å². The van der Waals surface area contributed by atoms with Crippen molar-refractivity contribution in [2.24, 2.45) is 11.8 Å². The maximum Gasteiger partial charge on any atom is 0.338 e. The number of amides is 2. The van der Waals surface area contributed by atoms with Gasteiger partial charge < -0.3 is 4.74 Å². The van der Waals surface area contributed by atoms with Crippen molar-refractivity contribution >= 4 is 17.8 Å². The third-order valence-corrected chi connectivity index (χ3v) is 7.10. The third-order valence-electron chi connectivity index (χ3n) is 7.10. The van der Waals surface area contributed by atoms with Crippen LogP contribution in [-0.2, 0) is 14.3 Å². The number of hydrogen-bond donors (Lipinski definition) is 0. The van der Waals surface area contributed by atoms with Crippen LogP contribution in [0, 0.1) is 11.8 Å². The minimum atomic E-state index is -0.456. The molecule has 1 saturated heterocycles. The fourth-order valence-electron chi connectivity index (χ4n) is 5.85. The summed E-state index contributed by atoms with van der Waals surface area (Å²) in [6, 6.07) is 25.0. The molecule has 3 aromatic rings. The van der Waals surface area contributed by atoms with Crippen LogP contribution < -0.4 is 0 Å². The Labute approximate surface area is 185 Å². The summed E-state index contributed by atoms with van der Waals surface area (Å²) in [4.78, 5) is 40.5. The molecule has 2 amide bonds. The van der Waals surface area contributed by atoms with Gasteiger partial charge in [0.15, 0.2) is 0 Å². The highest BCUT2D eigenvalue weighted by atomic mass is 16.5. The Morgan fingerprint density at radius 2 is 1.12 bits per heavy atom. The lowest BCUT2D eigenvalue weighted by molar-refractivity contribution is -0.140. The van der Waals surface area contributed by atoms with Crippen LogP contribution in [0.1, 0.15) is 44.4 Å². The van der Waals surface area contributed by atoms with Gasteiger partial charge in [0.1, 0.15) is 6.61 Å². The highest BCUT2D eigenvalue weighted by Gasteiger charge is 2.61. The van der Waals surface area contributed by atoms with Crippen LogP contribution in [0.3, 0.4) is 0 Å². The average molecular weight is 423 g/mol. The lowest BCUT2D eigenvalue weighted by atomic mass is 9.55. The van der Waals surface area contributed by atoms with Crippen LogP contribution in [-0.4, -0.2) is 35.8 Å². The largest absolute Gasteiger partial charge is 0.460 e. The van der Waals surface area contributed by atoms with E-state index in [9.17, 15) is 14.4 Å². The van der Waals surface area contributed by atoms with Crippen LogP contribution in [0.25, 0.3) is 0 Å². The number of rotatable bonds is 4. The van der Waals surface area contributed by atoms with Crippen molar-refractivity contribution in [3.63, 3.8) is 0 Å². The summed E-state index contributed by atoms with van der Waals surface area (Å²) in [6.07, 6.45) is 0. The van der Waals surface area contributed by atoms with Gasteiger partial charge in [-0.2, -0.15) is 0 Å². The van der Waals surface area contributed by atoms with Gasteiger partial charge in [0.05, 0.1) is 23.9 Å². The average Bonchev–Trinajstić information content (AvgIpc) is 3.10. The van der Waals surface area contributed by atoms with Gasteiger partial charge >= 0.3 is 5.97 Å². The number of ether oxygens (including phenoxy) is 1. The van der Waals surface area contributed by atoms with Crippen molar-refractivity contribution in [3.05, 3.63) is 107 Å². The molecule has 5 heteroatoms. The van der Waals surface area contributed by atoms with E-state index >= 15 is 0 Å². The molecule has 0 spiro atoms. The quantitative estimate of drug-likeness (QED) is 0.474. The SMILES string of the molecule is O=C(OCCN1C(=O)C2C3c4ccccc4C(c4ccccc43)C2C1=O)c1ccccc1. The first-order valence-corrected chi connectivity index (χ1v) is 10.9. The molecule has 32 heavy (non-hydrogen) atoms. The van der Waals surface area contributed by atoms with E-state index in [1.54, 1.807) is 24.3 Å². The maximum absolute atomic E-state index is 13.5. The molecule has 1 aliphatic heterocycles. The molecule has 3 aromatic carbocycles. The number of esters is 1. The molecular formula is C27H21NO4. The standard InChI is InChI=1S/C27H21NO4/c29-25-23-21-17-10-4-5-11-18(17)22(20-13-7-6-12-19(20)21)24(23)26(30)28(25)14-15-32-27(31)16-8-2-1-3-9-16/h1-13,21-24H,14-15H2. The molecule has 3 aliphatic carbocycles. The van der Waals surface area contributed by atoms with Gasteiger partial charge in [-0.15, -0.1) is 0 Å². The van der Waals surface area contributed by atoms with E-state index in [0.29, 0.717) is 5.56 Å². The van der Waals surface area contributed by atoms with Gasteiger partial charge in [0, 0.05) is 11.8 Å². The monoisotopic (exact) mass is 423 g/mol. The molecule has 0 radical (unpaired) electrons. The third kappa shape index (κ3) is 2.60. The molecule has 1 heterocycles. The molecule has 4 aliphatic rings. The predicted molar refractivity (Wildman–Crippen MR) is 117 cm³/mol. The van der Waals surface area contributed by atoms with Gasteiger partial charge in [0.25, 0.3) is 0 Å². The number of hydrogen-bond acceptors (Lipinski definition) is 4. The Bertz CT molecular complexity index is 1140. The molecule has 2 atom stereocenters. The topological polar surface area (TPSA) is 63.7 Å². The van der Waals surface area contributed by atoms with Crippen molar-refractivity contribution in [1.29, 1.82) is 0 Å². The molecule has 1 fully saturated rings. The van der Waals surface area contributed by atoms with Crippen LogP contribution >= 0.6 is 0 Å². The van der Waals surface area contributed by atoms with Gasteiger partial charge in [-0.25, -0.2) is 4.79 Å². The number of carbonyl (C=O) groups excluding carboxylic acids is 3. The molecular weight excluding hydrogens is 402 g/mol. The Hall–Kier alpha value is -3.73. The molecule has 158 valence electrons. The molecule has 0 aromatic heterocycles. The van der Waals surface area contributed by atoms with E-state index in [0.717, 1.165) is 22.3 Å². The summed E-state index contributed by atoms with van der Waals surface area (Å²) in [5.74, 6) is -1.81. The van der Waals surface area contributed by atoms with Gasteiger partial charge in [0.2, 0.25) is 11.8 Å². The number of imide groups is 1. The van der Waals surface area contributed by atoms with E-state index in [4.69, 9.17) is 4.74 Å². The second-order valence-corrected chi connectivity index (χ2v) is 8.59. The normalized spacial score (nSPS) is 24.7. The Balaban J connectivity index is 1.28. The first-order valence-electron chi connectivity index (χ1n) is 10.9. The van der Waals surface area contributed by atoms with E-state index in [1.165, 1.54) is 4.90 Å². The summed E-state index contributed by atoms with van der Waals surface area (Å²) in [6.45, 7) is 0.0647. The van der Waals surface area contributed by atoms with E-state index in [1.807, 2.05) is 30.3 Å². The van der Waals surface area contributed by atoms with Gasteiger partial charge in [-0.3, -0.25) is 14.5 Å². The fraction of sp³-hybridized carbons (Fsp3) is 0.222. The Kier molecular flexibility index (Phi) is 4.25. The molecule has 5 nitrogen and oxygen atoms in total. The molecule has 0 saturated carbocycles. The van der Waals surface area contributed by atoms with Crippen LogP contribution in [0.5, 0.6) is 0 Å². The highest BCUT2D eigenvalue weighted by molar-refractivity contribution is 6.07. The zero-order valence-corrected chi connectivity index (χ0v) is 17.3. The summed E-state index contributed by atoms with van der Waals surface area (Å²) in [5.41, 5.74) is 5.04. The molecule has 0 N–H and O–H groups in total. The number of carbonyl (C=O) groups is 3. The lowest BCUT2D eigenvalue weighted by Gasteiger charge is -2.45. The van der Waals surface area contributed by atoms with Crippen molar-refractivity contribution < 1.29 is 19.1 Å². The van der Waals surface area contributed by atoms with E-state index in [2.05, 4.69) is 24.3 Å². The van der Waals surface area contributed by atoms with Crippen LogP contribution in [0.4, 0.5) is 0 Å². The first-order chi connectivity index (χ1) is 15.7. The second kappa shape index (κ2) is 7.16. The highest BCUT2D eigenvalue weighted by Crippen LogP contribution is 2.60. The first kappa shape index (κ1) is 19.0. The maximum atomic E-state index is 13.5. The smallest absolute Gasteiger partial charge is 0.338 e. The second-order valence-electron chi connectivity index (χ2n) is 8.59. The lowest BCUT2D eigenvalue weighted by Crippen LogP contribution is -2.41. The van der Waals surface area contributed by atoms with Crippen molar-refractivity contribution in [3.8, 4) is 0 Å². The Morgan fingerprint density at radius 1 is 0.688 bits per heavy atom. The zero-order chi connectivity index (χ0) is 21.8. The molecule has 2 unspecified atom stereocenters. The summed E-state index contributed by atoms with van der Waals surface area (Å²) >= 11 is 0. The van der Waals surface area contributed by atoms with Gasteiger partial charge in [-0.1, -0.05) is 66.7 Å². The van der Waals surface area contributed by atoms with Crippen molar-refractivity contribution in [2.75, 3.05) is 13.2 Å². The summed E-state index contributed by atoms with van der Waals surface area (Å²) in [7, 11) is 0. The van der Waals surface area contributed by atoms with Crippen molar-refractivity contribution in [1.82, 2.24) is 4.90 Å². The summed E-state index contributed by atoms with van der Waals surface area (Å²) in [5, 5.41) is 0. The number of likely N-dealkylation sites (tertiary alicyclic amines) is 1. The van der Waals surface area contributed by atoms with E-state index < -0.39 is 17.8 Å². The number of nitrogens with zero attached hydrogens (tertiary/aromatic N) is 1. The molecule has 7 rings (SSSR count). The minimum absolute atomic E-state index is 0.0140. The Morgan fingerprint density at radius 3 is 1.59 bits per heavy atom. The van der Waals surface area contributed by atoms with Crippen LogP contribution in [0.15, 0.2) is 78.9 Å². The predicted octanol–water partition coefficient (Wildman–Crippen LogP) is 3.74. The number of benzene rings is 3. The van der Waals surface area contributed by atoms with Gasteiger partial charge in [-0.05, 0) is 34.4 Å². The van der Waals surface area contributed by atoms with Crippen LogP contribution in [0.2, 0.25) is 0 Å². The fourth-order valence-corrected chi connectivity index (χ4v) is 5.85. The summed E-state index contributed by atoms with van der Waals surface area (Å²) < 4.78 is 5.35. The molecule has 2 bridgehead atoms. The van der Waals surface area contributed by atoms with Crippen molar-refractivity contribution in [2.45, 2.75) is 11.8 Å². The zero-order valence-electron chi connectivity index (χ0n) is 17.3.